The van der Waals surface area contributed by atoms with Crippen LogP contribution in [0.15, 0.2) is 42.7 Å². The smallest absolute Gasteiger partial charge is 0.251 e. The lowest BCUT2D eigenvalue weighted by molar-refractivity contribution is 0.0951. The standard InChI is InChI=1S/C17H17ClN4O/c1-11(2)22-15-6-5-13(8-14(15)21-17(22)18)16(23)20-10-12-4-3-7-19-9-12/h3-9,11H,10H2,1-2H3,(H,20,23). The average Bonchev–Trinajstić information content (AvgIpc) is 2.88. The Morgan fingerprint density at radius 2 is 2.17 bits per heavy atom. The Labute approximate surface area is 139 Å². The first-order valence-electron chi connectivity index (χ1n) is 7.41. The summed E-state index contributed by atoms with van der Waals surface area (Å²) < 4.78 is 1.94. The van der Waals surface area contributed by atoms with Gasteiger partial charge in [0.05, 0.1) is 11.0 Å². The highest BCUT2D eigenvalue weighted by Gasteiger charge is 2.14. The van der Waals surface area contributed by atoms with Gasteiger partial charge in [-0.3, -0.25) is 9.78 Å². The van der Waals surface area contributed by atoms with Gasteiger partial charge in [-0.1, -0.05) is 6.07 Å². The van der Waals surface area contributed by atoms with Gasteiger partial charge in [-0.25, -0.2) is 4.98 Å². The first kappa shape index (κ1) is 15.5. The molecule has 3 rings (SSSR count). The Bertz CT molecular complexity index is 842. The summed E-state index contributed by atoms with van der Waals surface area (Å²) in [5.74, 6) is -0.147. The Morgan fingerprint density at radius 3 is 2.87 bits per heavy atom. The molecule has 1 aromatic carbocycles. The van der Waals surface area contributed by atoms with Crippen LogP contribution in [-0.4, -0.2) is 20.4 Å². The summed E-state index contributed by atoms with van der Waals surface area (Å²) in [6.07, 6.45) is 3.43. The van der Waals surface area contributed by atoms with Crippen molar-refractivity contribution < 1.29 is 4.79 Å². The SMILES string of the molecule is CC(C)n1c(Cl)nc2cc(C(=O)NCc3cccnc3)ccc21. The molecule has 2 heterocycles. The largest absolute Gasteiger partial charge is 0.348 e. The minimum Gasteiger partial charge on any atom is -0.348 e. The second kappa shape index (κ2) is 6.38. The van der Waals surface area contributed by atoms with Gasteiger partial charge in [0.15, 0.2) is 0 Å². The molecule has 5 nitrogen and oxygen atoms in total. The molecule has 0 fully saturated rings. The molecule has 3 aromatic rings. The molecule has 6 heteroatoms. The van der Waals surface area contributed by atoms with E-state index in [0.717, 1.165) is 16.6 Å². The molecule has 23 heavy (non-hydrogen) atoms. The molecule has 1 amide bonds. The number of nitrogens with zero attached hydrogens (tertiary/aromatic N) is 3. The van der Waals surface area contributed by atoms with Gasteiger partial charge in [-0.05, 0) is 55.3 Å². The number of fused-ring (bicyclic) bond motifs is 1. The number of nitrogens with one attached hydrogen (secondary N) is 1. The highest BCUT2D eigenvalue weighted by Crippen LogP contribution is 2.25. The number of halogens is 1. The first-order valence-corrected chi connectivity index (χ1v) is 7.78. The molecular weight excluding hydrogens is 312 g/mol. The molecule has 1 N–H and O–H groups in total. The topological polar surface area (TPSA) is 59.8 Å². The van der Waals surface area contributed by atoms with Crippen molar-refractivity contribution in [2.75, 3.05) is 0 Å². The normalized spacial score (nSPS) is 11.1. The van der Waals surface area contributed by atoms with Gasteiger partial charge in [0.1, 0.15) is 0 Å². The maximum Gasteiger partial charge on any atom is 0.251 e. The van der Waals surface area contributed by atoms with Gasteiger partial charge in [-0.2, -0.15) is 0 Å². The predicted molar refractivity (Wildman–Crippen MR) is 90.5 cm³/mol. The second-order valence-electron chi connectivity index (χ2n) is 5.59. The molecule has 0 aliphatic carbocycles. The summed E-state index contributed by atoms with van der Waals surface area (Å²) in [6, 6.07) is 9.40. The van der Waals surface area contributed by atoms with Crippen molar-refractivity contribution in [3.8, 4) is 0 Å². The van der Waals surface area contributed by atoms with Crippen LogP contribution in [0.4, 0.5) is 0 Å². The molecule has 2 aromatic heterocycles. The van der Waals surface area contributed by atoms with Crippen molar-refractivity contribution in [3.63, 3.8) is 0 Å². The predicted octanol–water partition coefficient (Wildman–Crippen LogP) is 3.60. The van der Waals surface area contributed by atoms with Crippen LogP contribution in [0.2, 0.25) is 5.28 Å². The third kappa shape index (κ3) is 3.19. The number of aromatic nitrogens is 3. The maximum absolute atomic E-state index is 12.3. The number of benzene rings is 1. The van der Waals surface area contributed by atoms with Crippen LogP contribution in [0, 0.1) is 0 Å². The van der Waals surface area contributed by atoms with E-state index in [-0.39, 0.29) is 11.9 Å². The molecule has 0 saturated heterocycles. The fourth-order valence-electron chi connectivity index (χ4n) is 2.49. The number of carbonyl (C=O) groups is 1. The van der Waals surface area contributed by atoms with Crippen LogP contribution in [0.25, 0.3) is 11.0 Å². The van der Waals surface area contributed by atoms with Crippen molar-refractivity contribution >= 4 is 28.5 Å². The highest BCUT2D eigenvalue weighted by molar-refractivity contribution is 6.29. The van der Waals surface area contributed by atoms with E-state index >= 15 is 0 Å². The Balaban J connectivity index is 1.81. The fraction of sp³-hybridized carbons (Fsp3) is 0.235. The van der Waals surface area contributed by atoms with Gasteiger partial charge >= 0.3 is 0 Å². The van der Waals surface area contributed by atoms with E-state index in [9.17, 15) is 4.79 Å². The fourth-order valence-corrected chi connectivity index (χ4v) is 2.87. The third-order valence-corrected chi connectivity index (χ3v) is 3.87. The third-order valence-electron chi connectivity index (χ3n) is 3.60. The number of carbonyl (C=O) groups excluding carboxylic acids is 1. The van der Waals surface area contributed by atoms with Crippen molar-refractivity contribution in [2.24, 2.45) is 0 Å². The zero-order valence-electron chi connectivity index (χ0n) is 13.0. The molecule has 0 atom stereocenters. The summed E-state index contributed by atoms with van der Waals surface area (Å²) in [7, 11) is 0. The van der Waals surface area contributed by atoms with Crippen LogP contribution < -0.4 is 5.32 Å². The van der Waals surface area contributed by atoms with Gasteiger partial charge in [0.25, 0.3) is 5.91 Å². The number of imidazole rings is 1. The summed E-state index contributed by atoms with van der Waals surface area (Å²) in [5, 5.41) is 3.31. The van der Waals surface area contributed by atoms with Crippen LogP contribution in [-0.2, 0) is 6.54 Å². The Morgan fingerprint density at radius 1 is 1.35 bits per heavy atom. The van der Waals surface area contributed by atoms with E-state index in [4.69, 9.17) is 11.6 Å². The zero-order valence-corrected chi connectivity index (χ0v) is 13.7. The molecule has 0 radical (unpaired) electrons. The van der Waals surface area contributed by atoms with Crippen molar-refractivity contribution in [3.05, 3.63) is 59.1 Å². The lowest BCUT2D eigenvalue weighted by Gasteiger charge is -2.09. The van der Waals surface area contributed by atoms with Crippen LogP contribution in [0.3, 0.4) is 0 Å². The summed E-state index contributed by atoms with van der Waals surface area (Å²) in [4.78, 5) is 20.6. The van der Waals surface area contributed by atoms with Gasteiger partial charge in [0, 0.05) is 30.5 Å². The Kier molecular flexibility index (Phi) is 4.30. The van der Waals surface area contributed by atoms with Crippen molar-refractivity contribution in [2.45, 2.75) is 26.4 Å². The molecule has 0 aliphatic heterocycles. The van der Waals surface area contributed by atoms with Gasteiger partial charge in [0.2, 0.25) is 5.28 Å². The second-order valence-corrected chi connectivity index (χ2v) is 5.93. The van der Waals surface area contributed by atoms with E-state index in [2.05, 4.69) is 15.3 Å². The number of hydrogen-bond acceptors (Lipinski definition) is 3. The zero-order chi connectivity index (χ0) is 16.4. The lowest BCUT2D eigenvalue weighted by Crippen LogP contribution is -2.22. The number of pyridine rings is 1. The summed E-state index contributed by atoms with van der Waals surface area (Å²) >= 11 is 6.18. The number of hydrogen-bond donors (Lipinski definition) is 1. The van der Waals surface area contributed by atoms with Crippen LogP contribution in [0.5, 0.6) is 0 Å². The van der Waals surface area contributed by atoms with Crippen molar-refractivity contribution in [1.82, 2.24) is 19.9 Å². The summed E-state index contributed by atoms with van der Waals surface area (Å²) in [5.41, 5.74) is 3.16. The van der Waals surface area contributed by atoms with E-state index in [1.165, 1.54) is 0 Å². The molecule has 0 saturated carbocycles. The van der Waals surface area contributed by atoms with E-state index in [0.29, 0.717) is 17.4 Å². The molecule has 0 aliphatic rings. The lowest BCUT2D eigenvalue weighted by atomic mass is 10.1. The monoisotopic (exact) mass is 328 g/mol. The maximum atomic E-state index is 12.3. The molecule has 0 spiro atoms. The van der Waals surface area contributed by atoms with Crippen LogP contribution >= 0.6 is 11.6 Å². The Hall–Kier alpha value is -2.40. The van der Waals surface area contributed by atoms with E-state index in [1.54, 1.807) is 24.5 Å². The van der Waals surface area contributed by atoms with Crippen LogP contribution in [0.1, 0.15) is 35.8 Å². The average molecular weight is 329 g/mol. The first-order chi connectivity index (χ1) is 11.1. The highest BCUT2D eigenvalue weighted by atomic mass is 35.5. The van der Waals surface area contributed by atoms with E-state index in [1.807, 2.05) is 36.6 Å². The van der Waals surface area contributed by atoms with Gasteiger partial charge < -0.3 is 9.88 Å². The molecule has 118 valence electrons. The molecule has 0 unspecified atom stereocenters. The summed E-state index contributed by atoms with van der Waals surface area (Å²) in [6.45, 7) is 4.52. The minimum atomic E-state index is -0.147. The van der Waals surface area contributed by atoms with E-state index < -0.39 is 0 Å². The van der Waals surface area contributed by atoms with Gasteiger partial charge in [-0.15, -0.1) is 0 Å². The molecule has 0 bridgehead atoms. The number of rotatable bonds is 4. The van der Waals surface area contributed by atoms with Crippen molar-refractivity contribution in [1.29, 1.82) is 0 Å². The molecular formula is C17H17ClN4O. The minimum absolute atomic E-state index is 0.147. The number of amides is 1. The quantitative estimate of drug-likeness (QED) is 0.796.